The zero-order valence-corrected chi connectivity index (χ0v) is 17.6. The summed E-state index contributed by atoms with van der Waals surface area (Å²) in [6, 6.07) is 16.6. The average Bonchev–Trinajstić information content (AvgIpc) is 2.77. The number of anilines is 1. The van der Waals surface area contributed by atoms with E-state index in [-0.39, 0.29) is 18.0 Å². The summed E-state index contributed by atoms with van der Waals surface area (Å²) in [4.78, 5) is 16.7. The largest absolute Gasteiger partial charge is 0.497 e. The van der Waals surface area contributed by atoms with E-state index in [1.807, 2.05) is 6.92 Å². The first-order valence-electron chi connectivity index (χ1n) is 9.29. The highest BCUT2D eigenvalue weighted by molar-refractivity contribution is 7.92. The molecular weight excluding hydrogens is 402 g/mol. The second-order valence-corrected chi connectivity index (χ2v) is 8.52. The van der Waals surface area contributed by atoms with Gasteiger partial charge in [-0.15, -0.1) is 0 Å². The monoisotopic (exact) mass is 425 g/mol. The first-order valence-corrected chi connectivity index (χ1v) is 10.7. The van der Waals surface area contributed by atoms with E-state index in [2.05, 4.69) is 10.3 Å². The molecule has 1 amide bonds. The number of amides is 1. The van der Waals surface area contributed by atoms with Crippen LogP contribution in [0.25, 0.3) is 0 Å². The highest BCUT2D eigenvalue weighted by Crippen LogP contribution is 2.26. The van der Waals surface area contributed by atoms with Gasteiger partial charge in [0, 0.05) is 18.9 Å². The van der Waals surface area contributed by atoms with E-state index in [4.69, 9.17) is 4.74 Å². The maximum absolute atomic E-state index is 13.3. The summed E-state index contributed by atoms with van der Waals surface area (Å²) in [5.41, 5.74) is 2.19. The van der Waals surface area contributed by atoms with Crippen molar-refractivity contribution in [3.05, 3.63) is 84.2 Å². The number of pyridine rings is 1. The van der Waals surface area contributed by atoms with Crippen molar-refractivity contribution in [1.29, 1.82) is 0 Å². The Hall–Kier alpha value is -3.39. The Morgan fingerprint density at radius 2 is 1.63 bits per heavy atom. The third-order valence-electron chi connectivity index (χ3n) is 4.50. The first kappa shape index (κ1) is 21.3. The van der Waals surface area contributed by atoms with Crippen LogP contribution in [0.15, 0.2) is 78.0 Å². The van der Waals surface area contributed by atoms with Crippen molar-refractivity contribution in [3.8, 4) is 5.75 Å². The van der Waals surface area contributed by atoms with E-state index in [1.54, 1.807) is 60.9 Å². The van der Waals surface area contributed by atoms with Gasteiger partial charge in [-0.1, -0.05) is 17.7 Å². The molecule has 156 valence electrons. The molecule has 0 unspecified atom stereocenters. The van der Waals surface area contributed by atoms with E-state index in [0.717, 1.165) is 15.4 Å². The summed E-state index contributed by atoms with van der Waals surface area (Å²) < 4.78 is 32.9. The lowest BCUT2D eigenvalue weighted by Crippen LogP contribution is -2.40. The van der Waals surface area contributed by atoms with Gasteiger partial charge < -0.3 is 10.1 Å². The number of rotatable bonds is 8. The van der Waals surface area contributed by atoms with Crippen molar-refractivity contribution >= 4 is 21.6 Å². The van der Waals surface area contributed by atoms with Crippen LogP contribution in [0.1, 0.15) is 11.1 Å². The molecule has 0 spiro atoms. The molecule has 1 heterocycles. The normalized spacial score (nSPS) is 11.0. The Morgan fingerprint density at radius 3 is 2.23 bits per heavy atom. The molecule has 30 heavy (non-hydrogen) atoms. The van der Waals surface area contributed by atoms with Gasteiger partial charge in [0.2, 0.25) is 5.91 Å². The molecule has 2 aromatic carbocycles. The summed E-state index contributed by atoms with van der Waals surface area (Å²) in [7, 11) is -2.42. The average molecular weight is 426 g/mol. The number of methoxy groups -OCH3 is 1. The fraction of sp³-hybridized carbons (Fsp3) is 0.182. The SMILES string of the molecule is COc1ccc(N(CC(=O)NCc2ccncc2)S(=O)(=O)c2ccc(C)cc2)cc1. The third kappa shape index (κ3) is 5.15. The maximum atomic E-state index is 13.3. The van der Waals surface area contributed by atoms with Gasteiger partial charge in [-0.2, -0.15) is 0 Å². The summed E-state index contributed by atoms with van der Waals surface area (Å²) in [5, 5.41) is 2.76. The van der Waals surface area contributed by atoms with Crippen LogP contribution in [-0.4, -0.2) is 33.0 Å². The molecule has 3 rings (SSSR count). The Balaban J connectivity index is 1.86. The zero-order valence-electron chi connectivity index (χ0n) is 16.8. The van der Waals surface area contributed by atoms with Crippen LogP contribution >= 0.6 is 0 Å². The molecule has 0 atom stereocenters. The van der Waals surface area contributed by atoms with Gasteiger partial charge in [-0.25, -0.2) is 8.42 Å². The van der Waals surface area contributed by atoms with Crippen LogP contribution in [0.4, 0.5) is 5.69 Å². The van der Waals surface area contributed by atoms with Gasteiger partial charge in [0.1, 0.15) is 12.3 Å². The van der Waals surface area contributed by atoms with E-state index >= 15 is 0 Å². The second-order valence-electron chi connectivity index (χ2n) is 6.65. The third-order valence-corrected chi connectivity index (χ3v) is 6.28. The molecule has 0 aliphatic carbocycles. The van der Waals surface area contributed by atoms with Crippen molar-refractivity contribution < 1.29 is 17.9 Å². The number of nitrogens with zero attached hydrogens (tertiary/aromatic N) is 2. The maximum Gasteiger partial charge on any atom is 0.264 e. The quantitative estimate of drug-likeness (QED) is 0.600. The number of sulfonamides is 1. The van der Waals surface area contributed by atoms with Crippen LogP contribution in [-0.2, 0) is 21.4 Å². The molecule has 1 aromatic heterocycles. The second kappa shape index (κ2) is 9.41. The summed E-state index contributed by atoms with van der Waals surface area (Å²) >= 11 is 0. The highest BCUT2D eigenvalue weighted by atomic mass is 32.2. The van der Waals surface area contributed by atoms with Gasteiger partial charge in [0.25, 0.3) is 10.0 Å². The molecule has 3 aromatic rings. The smallest absolute Gasteiger partial charge is 0.264 e. The van der Waals surface area contributed by atoms with Crippen LogP contribution in [0.5, 0.6) is 5.75 Å². The minimum absolute atomic E-state index is 0.117. The predicted molar refractivity (Wildman–Crippen MR) is 115 cm³/mol. The van der Waals surface area contributed by atoms with Crippen LogP contribution in [0.2, 0.25) is 0 Å². The number of carbonyl (C=O) groups is 1. The lowest BCUT2D eigenvalue weighted by atomic mass is 10.2. The number of hydrogen-bond donors (Lipinski definition) is 1. The molecular formula is C22H23N3O4S. The van der Waals surface area contributed by atoms with E-state index in [9.17, 15) is 13.2 Å². The Morgan fingerprint density at radius 1 is 1.00 bits per heavy atom. The van der Waals surface area contributed by atoms with Crippen molar-refractivity contribution in [2.45, 2.75) is 18.4 Å². The van der Waals surface area contributed by atoms with Gasteiger partial charge in [0.05, 0.1) is 17.7 Å². The molecule has 8 heteroatoms. The summed E-state index contributed by atoms with van der Waals surface area (Å²) in [6.45, 7) is 1.81. The molecule has 7 nitrogen and oxygen atoms in total. The van der Waals surface area contributed by atoms with Crippen LogP contribution in [0, 0.1) is 6.92 Å². The van der Waals surface area contributed by atoms with Gasteiger partial charge >= 0.3 is 0 Å². The number of ether oxygens (including phenoxy) is 1. The van der Waals surface area contributed by atoms with Crippen molar-refractivity contribution in [2.75, 3.05) is 18.0 Å². The molecule has 0 aliphatic rings. The van der Waals surface area contributed by atoms with Crippen LogP contribution in [0.3, 0.4) is 0 Å². The molecule has 0 fully saturated rings. The number of hydrogen-bond acceptors (Lipinski definition) is 5. The molecule has 1 N–H and O–H groups in total. The number of aryl methyl sites for hydroxylation is 1. The Kier molecular flexibility index (Phi) is 6.68. The lowest BCUT2D eigenvalue weighted by Gasteiger charge is -2.24. The molecule has 0 radical (unpaired) electrons. The number of benzene rings is 2. The molecule has 0 saturated heterocycles. The molecule has 0 saturated carbocycles. The fourth-order valence-corrected chi connectivity index (χ4v) is 4.21. The van der Waals surface area contributed by atoms with E-state index < -0.39 is 15.9 Å². The predicted octanol–water partition coefficient (Wildman–Crippen LogP) is 2.91. The van der Waals surface area contributed by atoms with Crippen molar-refractivity contribution in [1.82, 2.24) is 10.3 Å². The Labute approximate surface area is 176 Å². The standard InChI is InChI=1S/C22H23N3O4S/c1-17-3-9-21(10-4-17)30(27,28)25(19-5-7-20(29-2)8-6-19)16-22(26)24-15-18-11-13-23-14-12-18/h3-14H,15-16H2,1-2H3,(H,24,26). The van der Waals surface area contributed by atoms with Crippen molar-refractivity contribution in [3.63, 3.8) is 0 Å². The topological polar surface area (TPSA) is 88.6 Å². The highest BCUT2D eigenvalue weighted by Gasteiger charge is 2.27. The molecule has 0 aliphatic heterocycles. The van der Waals surface area contributed by atoms with E-state index in [0.29, 0.717) is 11.4 Å². The minimum Gasteiger partial charge on any atom is -0.497 e. The van der Waals surface area contributed by atoms with Gasteiger partial charge in [0.15, 0.2) is 0 Å². The number of carbonyl (C=O) groups excluding carboxylic acids is 1. The van der Waals surface area contributed by atoms with Crippen molar-refractivity contribution in [2.24, 2.45) is 0 Å². The van der Waals surface area contributed by atoms with Crippen LogP contribution < -0.4 is 14.4 Å². The zero-order chi connectivity index (χ0) is 21.6. The molecule has 0 bridgehead atoms. The minimum atomic E-state index is -3.95. The summed E-state index contributed by atoms with van der Waals surface area (Å²) in [5.74, 6) is 0.173. The first-order chi connectivity index (χ1) is 14.4. The fourth-order valence-electron chi connectivity index (χ4n) is 2.79. The Bertz CT molecular complexity index is 1080. The van der Waals surface area contributed by atoms with E-state index in [1.165, 1.54) is 19.2 Å². The van der Waals surface area contributed by atoms with Gasteiger partial charge in [-0.3, -0.25) is 14.1 Å². The number of aromatic nitrogens is 1. The summed E-state index contributed by atoms with van der Waals surface area (Å²) in [6.07, 6.45) is 3.26. The number of nitrogens with one attached hydrogen (secondary N) is 1. The lowest BCUT2D eigenvalue weighted by molar-refractivity contribution is -0.119. The van der Waals surface area contributed by atoms with Gasteiger partial charge in [-0.05, 0) is 61.0 Å².